The molecule has 1 saturated heterocycles. The zero-order valence-electron chi connectivity index (χ0n) is 12.6. The lowest BCUT2D eigenvalue weighted by Gasteiger charge is -2.34. The van der Waals surface area contributed by atoms with Crippen LogP contribution in [0.4, 0.5) is 0 Å². The van der Waals surface area contributed by atoms with Crippen LogP contribution in [0.15, 0.2) is 30.3 Å². The van der Waals surface area contributed by atoms with Gasteiger partial charge in [0.1, 0.15) is 0 Å². The highest BCUT2D eigenvalue weighted by Gasteiger charge is 2.31. The summed E-state index contributed by atoms with van der Waals surface area (Å²) in [6.07, 6.45) is -0.519. The molecule has 1 aromatic rings. The lowest BCUT2D eigenvalue weighted by Crippen LogP contribution is -2.49. The summed E-state index contributed by atoms with van der Waals surface area (Å²) in [4.78, 5) is 14.6. The first kappa shape index (κ1) is 15.0. The molecule has 1 N–H and O–H groups in total. The molecule has 0 spiro atoms. The van der Waals surface area contributed by atoms with Gasteiger partial charge in [0.05, 0.1) is 5.60 Å². The predicted molar refractivity (Wildman–Crippen MR) is 79.5 cm³/mol. The van der Waals surface area contributed by atoms with Gasteiger partial charge in [0.15, 0.2) is 6.10 Å². The molecule has 20 heavy (non-hydrogen) atoms. The molecular weight excluding hydrogens is 252 g/mol. The average Bonchev–Trinajstić information content (AvgIpc) is 2.45. The first-order valence-corrected chi connectivity index (χ1v) is 7.20. The molecule has 1 aromatic carbocycles. The van der Waals surface area contributed by atoms with Gasteiger partial charge in [-0.05, 0) is 26.3 Å². The SMILES string of the molecule is CC(C)(C)OC(C(=O)N1CCNCC1)c1ccccc1. The molecule has 1 fully saturated rings. The Balaban J connectivity index is 2.19. The molecule has 1 aliphatic rings. The number of nitrogens with zero attached hydrogens (tertiary/aromatic N) is 1. The van der Waals surface area contributed by atoms with E-state index in [0.717, 1.165) is 31.7 Å². The van der Waals surface area contributed by atoms with Gasteiger partial charge in [0.25, 0.3) is 5.91 Å². The molecule has 110 valence electrons. The van der Waals surface area contributed by atoms with Gasteiger partial charge in [-0.15, -0.1) is 0 Å². The fourth-order valence-corrected chi connectivity index (χ4v) is 2.29. The molecular formula is C16H24N2O2. The maximum atomic E-state index is 12.7. The van der Waals surface area contributed by atoms with E-state index in [9.17, 15) is 4.79 Å². The maximum Gasteiger partial charge on any atom is 0.256 e. The number of piperazine rings is 1. The molecule has 4 heteroatoms. The second-order valence-electron chi connectivity index (χ2n) is 6.10. The molecule has 0 bridgehead atoms. The quantitative estimate of drug-likeness (QED) is 0.918. The predicted octanol–water partition coefficient (Wildman–Crippen LogP) is 1.97. The summed E-state index contributed by atoms with van der Waals surface area (Å²) in [7, 11) is 0. The topological polar surface area (TPSA) is 41.6 Å². The number of carbonyl (C=O) groups excluding carboxylic acids is 1. The summed E-state index contributed by atoms with van der Waals surface area (Å²) >= 11 is 0. The van der Waals surface area contributed by atoms with Gasteiger partial charge in [-0.25, -0.2) is 0 Å². The number of amides is 1. The van der Waals surface area contributed by atoms with Crippen molar-refractivity contribution in [2.24, 2.45) is 0 Å². The average molecular weight is 276 g/mol. The third kappa shape index (κ3) is 4.05. The Morgan fingerprint density at radius 3 is 2.35 bits per heavy atom. The second-order valence-corrected chi connectivity index (χ2v) is 6.10. The van der Waals surface area contributed by atoms with Crippen LogP contribution in [-0.2, 0) is 9.53 Å². The van der Waals surface area contributed by atoms with Crippen molar-refractivity contribution in [1.82, 2.24) is 10.2 Å². The van der Waals surface area contributed by atoms with E-state index in [1.807, 2.05) is 56.0 Å². The number of nitrogens with one attached hydrogen (secondary N) is 1. The third-order valence-electron chi connectivity index (χ3n) is 3.23. The van der Waals surface area contributed by atoms with Crippen LogP contribution in [0.1, 0.15) is 32.4 Å². The first-order valence-electron chi connectivity index (χ1n) is 7.20. The number of hydrogen-bond donors (Lipinski definition) is 1. The molecule has 0 saturated carbocycles. The smallest absolute Gasteiger partial charge is 0.256 e. The van der Waals surface area contributed by atoms with Gasteiger partial charge in [0, 0.05) is 26.2 Å². The van der Waals surface area contributed by atoms with Crippen LogP contribution in [0, 0.1) is 0 Å². The van der Waals surface area contributed by atoms with Crippen LogP contribution in [0.3, 0.4) is 0 Å². The van der Waals surface area contributed by atoms with E-state index in [0.29, 0.717) is 0 Å². The summed E-state index contributed by atoms with van der Waals surface area (Å²) in [6, 6.07) is 9.75. The van der Waals surface area contributed by atoms with E-state index in [2.05, 4.69) is 5.32 Å². The fourth-order valence-electron chi connectivity index (χ4n) is 2.29. The van der Waals surface area contributed by atoms with Crippen molar-refractivity contribution in [3.8, 4) is 0 Å². The summed E-state index contributed by atoms with van der Waals surface area (Å²) in [6.45, 7) is 9.13. The maximum absolute atomic E-state index is 12.7. The van der Waals surface area contributed by atoms with Crippen molar-refractivity contribution in [2.45, 2.75) is 32.5 Å². The van der Waals surface area contributed by atoms with Gasteiger partial charge in [-0.2, -0.15) is 0 Å². The molecule has 1 unspecified atom stereocenters. The van der Waals surface area contributed by atoms with Crippen molar-refractivity contribution in [3.63, 3.8) is 0 Å². The molecule has 1 amide bonds. The lowest BCUT2D eigenvalue weighted by molar-refractivity contribution is -0.154. The molecule has 1 heterocycles. The zero-order chi connectivity index (χ0) is 14.6. The lowest BCUT2D eigenvalue weighted by atomic mass is 10.1. The number of rotatable bonds is 3. The Kier molecular flexibility index (Phi) is 4.78. The largest absolute Gasteiger partial charge is 0.358 e. The Labute approximate surface area is 121 Å². The Morgan fingerprint density at radius 2 is 1.80 bits per heavy atom. The third-order valence-corrected chi connectivity index (χ3v) is 3.23. The molecule has 1 aliphatic heterocycles. The normalized spacial score (nSPS) is 17.9. The minimum absolute atomic E-state index is 0.0626. The summed E-state index contributed by atoms with van der Waals surface area (Å²) in [5, 5.41) is 3.26. The molecule has 0 aromatic heterocycles. The van der Waals surface area contributed by atoms with E-state index in [1.54, 1.807) is 0 Å². The van der Waals surface area contributed by atoms with Crippen LogP contribution in [-0.4, -0.2) is 42.6 Å². The van der Waals surface area contributed by atoms with Crippen molar-refractivity contribution in [1.29, 1.82) is 0 Å². The molecule has 2 rings (SSSR count). The summed E-state index contributed by atoms with van der Waals surface area (Å²) in [5.41, 5.74) is 0.565. The van der Waals surface area contributed by atoms with Crippen molar-refractivity contribution in [3.05, 3.63) is 35.9 Å². The molecule has 0 radical (unpaired) electrons. The Hall–Kier alpha value is -1.39. The van der Waals surface area contributed by atoms with Crippen molar-refractivity contribution < 1.29 is 9.53 Å². The Morgan fingerprint density at radius 1 is 1.20 bits per heavy atom. The molecule has 0 aliphatic carbocycles. The number of ether oxygens (including phenoxy) is 1. The van der Waals surface area contributed by atoms with Crippen LogP contribution in [0.2, 0.25) is 0 Å². The van der Waals surface area contributed by atoms with E-state index in [4.69, 9.17) is 4.74 Å². The van der Waals surface area contributed by atoms with Gasteiger partial charge in [0.2, 0.25) is 0 Å². The van der Waals surface area contributed by atoms with Crippen LogP contribution in [0.5, 0.6) is 0 Å². The standard InChI is InChI=1S/C16H24N2O2/c1-16(2,3)20-14(13-7-5-4-6-8-13)15(19)18-11-9-17-10-12-18/h4-8,14,17H,9-12H2,1-3H3. The van der Waals surface area contributed by atoms with Crippen molar-refractivity contribution >= 4 is 5.91 Å². The molecule has 4 nitrogen and oxygen atoms in total. The van der Waals surface area contributed by atoms with Gasteiger partial charge in [-0.1, -0.05) is 30.3 Å². The monoisotopic (exact) mass is 276 g/mol. The number of hydrogen-bond acceptors (Lipinski definition) is 3. The Bertz CT molecular complexity index is 434. The van der Waals surface area contributed by atoms with E-state index in [-0.39, 0.29) is 11.5 Å². The van der Waals surface area contributed by atoms with Crippen molar-refractivity contribution in [2.75, 3.05) is 26.2 Å². The van der Waals surface area contributed by atoms with E-state index < -0.39 is 6.10 Å². The highest BCUT2D eigenvalue weighted by atomic mass is 16.5. The summed E-state index contributed by atoms with van der Waals surface area (Å²) in [5.74, 6) is 0.0626. The molecule has 1 atom stereocenters. The van der Waals surface area contributed by atoms with E-state index in [1.165, 1.54) is 0 Å². The fraction of sp³-hybridized carbons (Fsp3) is 0.562. The second kappa shape index (κ2) is 6.37. The highest BCUT2D eigenvalue weighted by molar-refractivity contribution is 5.82. The minimum atomic E-state index is -0.519. The highest BCUT2D eigenvalue weighted by Crippen LogP contribution is 2.26. The van der Waals surface area contributed by atoms with Crippen LogP contribution in [0.25, 0.3) is 0 Å². The minimum Gasteiger partial charge on any atom is -0.358 e. The van der Waals surface area contributed by atoms with Crippen LogP contribution >= 0.6 is 0 Å². The first-order chi connectivity index (χ1) is 9.47. The van der Waals surface area contributed by atoms with Gasteiger partial charge in [-0.3, -0.25) is 4.79 Å². The number of benzene rings is 1. The van der Waals surface area contributed by atoms with E-state index >= 15 is 0 Å². The summed E-state index contributed by atoms with van der Waals surface area (Å²) < 4.78 is 6.03. The zero-order valence-corrected chi connectivity index (χ0v) is 12.6. The van der Waals surface area contributed by atoms with Crippen LogP contribution < -0.4 is 5.32 Å². The van der Waals surface area contributed by atoms with Gasteiger partial charge >= 0.3 is 0 Å². The number of carbonyl (C=O) groups is 1. The van der Waals surface area contributed by atoms with Gasteiger partial charge < -0.3 is 15.0 Å².